The van der Waals surface area contributed by atoms with Crippen LogP contribution in [0.5, 0.6) is 0 Å². The molecule has 0 bridgehead atoms. The van der Waals surface area contributed by atoms with E-state index < -0.39 is 0 Å². The third kappa shape index (κ3) is 4.20. The van der Waals surface area contributed by atoms with E-state index >= 15 is 0 Å². The van der Waals surface area contributed by atoms with Crippen molar-refractivity contribution >= 4 is 5.57 Å². The predicted octanol–water partition coefficient (Wildman–Crippen LogP) is 1.25. The Hall–Kier alpha value is -0.786. The topological polar surface area (TPSA) is 0 Å². The third-order valence-electron chi connectivity index (χ3n) is 5.95. The maximum Gasteiger partial charge on any atom is -1.00 e. The average Bonchev–Trinajstić information content (AvgIpc) is 3.20. The van der Waals surface area contributed by atoms with Gasteiger partial charge in [0.1, 0.15) is 0 Å². The smallest absolute Gasteiger partial charge is 1.00 e. The van der Waals surface area contributed by atoms with E-state index in [0.29, 0.717) is 4.22 Å². The van der Waals surface area contributed by atoms with Gasteiger partial charge in [-0.1, -0.05) is 0 Å². The summed E-state index contributed by atoms with van der Waals surface area (Å²) >= 11 is 2.40. The molecule has 0 aromatic heterocycles. The first-order chi connectivity index (χ1) is 12.6. The second-order valence-corrected chi connectivity index (χ2v) is 10.9. The van der Waals surface area contributed by atoms with Gasteiger partial charge in [-0.15, -0.1) is 0 Å². The molecule has 0 fully saturated rings. The van der Waals surface area contributed by atoms with E-state index in [4.69, 9.17) is 0 Å². The molecule has 0 radical (unpaired) electrons. The zero-order valence-electron chi connectivity index (χ0n) is 18.2. The number of allylic oxidation sites excluding steroid dienone is 4. The summed E-state index contributed by atoms with van der Waals surface area (Å²) in [5.74, 6) is 0. The maximum absolute atomic E-state index is 2.46. The van der Waals surface area contributed by atoms with Crippen molar-refractivity contribution in [1.82, 2.24) is 0 Å². The van der Waals surface area contributed by atoms with Crippen molar-refractivity contribution in [2.75, 3.05) is 0 Å². The molecule has 1 unspecified atom stereocenters. The van der Waals surface area contributed by atoms with Crippen molar-refractivity contribution in [2.45, 2.75) is 63.0 Å². The van der Waals surface area contributed by atoms with E-state index in [0.717, 1.165) is 6.42 Å². The Morgan fingerprint density at radius 3 is 2.07 bits per heavy atom. The van der Waals surface area contributed by atoms with Crippen LogP contribution < -0.4 is 24.8 Å². The largest absolute Gasteiger partial charge is 1.00 e. The van der Waals surface area contributed by atoms with Crippen molar-refractivity contribution < 1.29 is 45.2 Å². The van der Waals surface area contributed by atoms with Crippen LogP contribution in [0.1, 0.15) is 80.0 Å². The Bertz CT molecular complexity index is 985. The molecule has 0 amide bonds. The summed E-state index contributed by atoms with van der Waals surface area (Å²) in [5, 5.41) is 0. The second-order valence-electron chi connectivity index (χ2n) is 10.0. The van der Waals surface area contributed by atoms with Gasteiger partial charge in [0.15, 0.2) is 0 Å². The van der Waals surface area contributed by atoms with E-state index in [2.05, 4.69) is 111 Å². The van der Waals surface area contributed by atoms with Crippen LogP contribution in [-0.4, -0.2) is 0 Å². The number of hydrogen-bond acceptors (Lipinski definition) is 0. The molecule has 0 spiro atoms. The molecule has 4 rings (SSSR count). The Labute approximate surface area is 200 Å². The average molecular weight is 460 g/mol. The zero-order chi connectivity index (χ0) is 19.6. The summed E-state index contributed by atoms with van der Waals surface area (Å²) < 4.78 is 0.441. The maximum atomic E-state index is 2.46. The van der Waals surface area contributed by atoms with Gasteiger partial charge in [0.25, 0.3) is 0 Å². The Morgan fingerprint density at radius 1 is 0.862 bits per heavy atom. The molecule has 0 saturated carbocycles. The molecule has 151 valence electrons. The standard InChI is InChI=1S/C26H29.2ClH.Ti/c1-25(2,3)19-11-12-20-18(15-19)16-22-21(20)13-14-23(26(4,5)6)24(22)17-9-7-8-10-17;;;/h7-9,11-16H,10H2,1-6H3;2*1H;/q;;;+2/p-2. The van der Waals surface area contributed by atoms with Crippen LogP contribution in [0.2, 0.25) is 0 Å². The van der Waals surface area contributed by atoms with Gasteiger partial charge in [-0.3, -0.25) is 0 Å². The molecule has 0 N–H and O–H groups in total. The van der Waals surface area contributed by atoms with E-state index in [-0.39, 0.29) is 35.6 Å². The summed E-state index contributed by atoms with van der Waals surface area (Å²) in [6.07, 6.45) is 7.87. The molecule has 0 saturated heterocycles. The number of fused-ring (bicyclic) bond motifs is 3. The van der Waals surface area contributed by atoms with Gasteiger partial charge in [0.05, 0.1) is 0 Å². The van der Waals surface area contributed by atoms with Crippen molar-refractivity contribution in [1.29, 1.82) is 0 Å². The molecular weight excluding hydrogens is 431 g/mol. The first kappa shape index (κ1) is 24.5. The number of hydrogen-bond donors (Lipinski definition) is 0. The van der Waals surface area contributed by atoms with Gasteiger partial charge in [0, 0.05) is 0 Å². The van der Waals surface area contributed by atoms with Gasteiger partial charge < -0.3 is 24.8 Å². The molecule has 2 aromatic carbocycles. The minimum absolute atomic E-state index is 0. The second kappa shape index (κ2) is 8.39. The fraction of sp³-hybridized carbons (Fsp3) is 0.385. The quantitative estimate of drug-likeness (QED) is 0.563. The number of halogens is 2. The van der Waals surface area contributed by atoms with Gasteiger partial charge in [-0.05, 0) is 0 Å². The Balaban J connectivity index is 0.00000150. The van der Waals surface area contributed by atoms with Gasteiger partial charge in [-0.25, -0.2) is 0 Å². The van der Waals surface area contributed by atoms with Crippen molar-refractivity contribution in [3.05, 3.63) is 76.4 Å². The summed E-state index contributed by atoms with van der Waals surface area (Å²) in [5.41, 5.74) is 12.1. The van der Waals surface area contributed by atoms with Crippen LogP contribution in [0.4, 0.5) is 0 Å². The fourth-order valence-electron chi connectivity index (χ4n) is 4.43. The molecular formula is C26H29Cl2Ti. The van der Waals surface area contributed by atoms with E-state index in [9.17, 15) is 0 Å². The third-order valence-corrected chi connectivity index (χ3v) is 6.89. The molecule has 2 aromatic rings. The number of rotatable bonds is 1. The minimum atomic E-state index is 0. The summed E-state index contributed by atoms with van der Waals surface area (Å²) in [6, 6.07) is 11.9. The molecule has 0 aliphatic heterocycles. The molecule has 0 nitrogen and oxygen atoms in total. The van der Waals surface area contributed by atoms with Crippen molar-refractivity contribution in [2.24, 2.45) is 0 Å². The van der Waals surface area contributed by atoms with Gasteiger partial charge in [-0.2, -0.15) is 0 Å². The molecule has 29 heavy (non-hydrogen) atoms. The SMILES string of the molecule is CC(C)(C)c1ccc2c(c1)[CH]([Ti+2])c1c-2ccc(C(C)(C)C)c1C1=CC=CC1.[Cl-].[Cl-]. The minimum Gasteiger partial charge on any atom is -1.00 e. The van der Waals surface area contributed by atoms with E-state index in [1.54, 1.807) is 5.56 Å². The molecule has 1 atom stereocenters. The van der Waals surface area contributed by atoms with Crippen molar-refractivity contribution in [3.63, 3.8) is 0 Å². The Kier molecular flexibility index (Phi) is 7.08. The first-order valence-electron chi connectivity index (χ1n) is 9.98. The summed E-state index contributed by atoms with van der Waals surface area (Å²) in [7, 11) is 0. The first-order valence-corrected chi connectivity index (χ1v) is 10.9. The van der Waals surface area contributed by atoms with Crippen molar-refractivity contribution in [3.8, 4) is 11.1 Å². The fourth-order valence-corrected chi connectivity index (χ4v) is 5.27. The zero-order valence-corrected chi connectivity index (χ0v) is 21.2. The normalized spacial score (nSPS) is 17.2. The van der Waals surface area contributed by atoms with E-state index in [1.807, 2.05) is 0 Å². The van der Waals surface area contributed by atoms with Crippen LogP contribution in [0.15, 0.2) is 48.6 Å². The van der Waals surface area contributed by atoms with Crippen LogP contribution in [0, 0.1) is 0 Å². The van der Waals surface area contributed by atoms with Gasteiger partial charge >= 0.3 is 177 Å². The molecule has 0 heterocycles. The molecule has 3 heteroatoms. The summed E-state index contributed by atoms with van der Waals surface area (Å²) in [6.45, 7) is 13.9. The van der Waals surface area contributed by atoms with Crippen LogP contribution in [0.25, 0.3) is 16.7 Å². The summed E-state index contributed by atoms with van der Waals surface area (Å²) in [4.78, 5) is 0. The predicted molar refractivity (Wildman–Crippen MR) is 113 cm³/mol. The molecule has 2 aliphatic carbocycles. The van der Waals surface area contributed by atoms with Crippen LogP contribution >= 0.6 is 0 Å². The Morgan fingerprint density at radius 2 is 1.52 bits per heavy atom. The van der Waals surface area contributed by atoms with E-state index in [1.165, 1.54) is 39.0 Å². The monoisotopic (exact) mass is 459 g/mol. The van der Waals surface area contributed by atoms with Crippen LogP contribution in [0.3, 0.4) is 0 Å². The van der Waals surface area contributed by atoms with Gasteiger partial charge in [0.2, 0.25) is 0 Å². The number of benzene rings is 2. The molecule has 2 aliphatic rings. The van der Waals surface area contributed by atoms with Crippen LogP contribution in [-0.2, 0) is 31.3 Å².